The molecular formula is C13H15N5O3. The largest absolute Gasteiger partial charge is 0.282 e. The number of amides is 3. The van der Waals surface area contributed by atoms with Gasteiger partial charge in [0.1, 0.15) is 12.7 Å². The van der Waals surface area contributed by atoms with Crippen molar-refractivity contribution >= 4 is 17.7 Å². The molecule has 1 N–H and O–H groups in total. The molecule has 1 aliphatic heterocycles. The Morgan fingerprint density at radius 2 is 1.71 bits per heavy atom. The van der Waals surface area contributed by atoms with E-state index in [2.05, 4.69) is 15.6 Å². The van der Waals surface area contributed by atoms with E-state index in [1.807, 2.05) is 12.2 Å². The number of rotatable bonds is 4. The lowest BCUT2D eigenvalue weighted by Gasteiger charge is -2.14. The van der Waals surface area contributed by atoms with Crippen LogP contribution in [0.3, 0.4) is 0 Å². The van der Waals surface area contributed by atoms with Gasteiger partial charge in [0.2, 0.25) is 17.7 Å². The van der Waals surface area contributed by atoms with Crippen molar-refractivity contribution in [3.05, 3.63) is 24.8 Å². The molecule has 1 aromatic rings. The molecule has 8 nitrogen and oxygen atoms in total. The van der Waals surface area contributed by atoms with Crippen LogP contribution in [0.1, 0.15) is 19.3 Å². The summed E-state index contributed by atoms with van der Waals surface area (Å²) in [6.45, 7) is 0.110. The highest BCUT2D eigenvalue weighted by molar-refractivity contribution is 6.05. The molecule has 1 fully saturated rings. The summed E-state index contributed by atoms with van der Waals surface area (Å²) in [7, 11) is 0. The number of fused-ring (bicyclic) bond motifs is 1. The molecule has 8 heteroatoms. The lowest BCUT2D eigenvalue weighted by atomic mass is 9.85. The third kappa shape index (κ3) is 2.56. The third-order valence-electron chi connectivity index (χ3n) is 3.83. The van der Waals surface area contributed by atoms with Crippen LogP contribution in [0, 0.1) is 11.8 Å². The van der Waals surface area contributed by atoms with Crippen molar-refractivity contribution in [2.75, 3.05) is 12.0 Å². The number of nitrogens with one attached hydrogen (secondary N) is 1. The number of aromatic nitrogens is 3. The van der Waals surface area contributed by atoms with Crippen LogP contribution in [-0.4, -0.2) is 44.0 Å². The molecule has 3 rings (SSSR count). The van der Waals surface area contributed by atoms with E-state index in [0.717, 1.165) is 0 Å². The molecule has 0 unspecified atom stereocenters. The third-order valence-corrected chi connectivity index (χ3v) is 3.83. The summed E-state index contributed by atoms with van der Waals surface area (Å²) in [6.07, 6.45) is 7.86. The maximum Gasteiger partial charge on any atom is 0.240 e. The van der Waals surface area contributed by atoms with Gasteiger partial charge in [-0.1, -0.05) is 12.2 Å². The van der Waals surface area contributed by atoms with E-state index in [0.29, 0.717) is 12.8 Å². The standard InChI is InChI=1S/C13H15N5O3/c19-11(16-17-7-14-15-8-17)5-6-18-12(20)9-3-1-2-4-10(9)13(18)21/h1-2,7-10H,3-6H2,(H,16,19)/t9-,10-/m0/s1. The second-order valence-electron chi connectivity index (χ2n) is 5.14. The molecule has 2 atom stereocenters. The normalized spacial score (nSPS) is 24.3. The van der Waals surface area contributed by atoms with Crippen LogP contribution < -0.4 is 5.43 Å². The van der Waals surface area contributed by atoms with Crippen molar-refractivity contribution in [3.8, 4) is 0 Å². The monoisotopic (exact) mass is 289 g/mol. The molecule has 2 aliphatic rings. The van der Waals surface area contributed by atoms with Crippen LogP contribution in [0.4, 0.5) is 0 Å². The first-order valence-electron chi connectivity index (χ1n) is 6.81. The fraction of sp³-hybridized carbons (Fsp3) is 0.462. The predicted octanol–water partition coefficient (Wildman–Crippen LogP) is -0.311. The topological polar surface area (TPSA) is 97.2 Å². The van der Waals surface area contributed by atoms with E-state index in [4.69, 9.17) is 0 Å². The van der Waals surface area contributed by atoms with Crippen LogP contribution >= 0.6 is 0 Å². The number of hydrogen-bond acceptors (Lipinski definition) is 5. The van der Waals surface area contributed by atoms with Crippen molar-refractivity contribution in [1.29, 1.82) is 0 Å². The summed E-state index contributed by atoms with van der Waals surface area (Å²) in [6, 6.07) is 0. The summed E-state index contributed by atoms with van der Waals surface area (Å²) in [4.78, 5) is 37.4. The Kier molecular flexibility index (Phi) is 3.51. The molecule has 0 aromatic carbocycles. The average molecular weight is 289 g/mol. The molecular weight excluding hydrogens is 274 g/mol. The van der Waals surface area contributed by atoms with E-state index in [-0.39, 0.29) is 42.5 Å². The van der Waals surface area contributed by atoms with Gasteiger partial charge in [-0.2, -0.15) is 0 Å². The Labute approximate surface area is 120 Å². The molecule has 0 radical (unpaired) electrons. The number of carbonyl (C=O) groups is 3. The average Bonchev–Trinajstić information content (AvgIpc) is 3.07. The second kappa shape index (κ2) is 5.47. The molecule has 1 aromatic heterocycles. The summed E-state index contributed by atoms with van der Waals surface area (Å²) in [5.74, 6) is -1.12. The van der Waals surface area contributed by atoms with Gasteiger partial charge in [0.05, 0.1) is 11.8 Å². The van der Waals surface area contributed by atoms with Crippen LogP contribution in [0.5, 0.6) is 0 Å². The van der Waals surface area contributed by atoms with Gasteiger partial charge in [0.15, 0.2) is 0 Å². The maximum absolute atomic E-state index is 12.2. The molecule has 1 saturated heterocycles. The Bertz CT molecular complexity index is 569. The minimum Gasteiger partial charge on any atom is -0.282 e. The second-order valence-corrected chi connectivity index (χ2v) is 5.14. The lowest BCUT2D eigenvalue weighted by Crippen LogP contribution is -2.35. The molecule has 0 bridgehead atoms. The number of hydrogen-bond donors (Lipinski definition) is 1. The van der Waals surface area contributed by atoms with Gasteiger partial charge in [0.25, 0.3) is 0 Å². The Hall–Kier alpha value is -2.51. The van der Waals surface area contributed by atoms with E-state index in [1.165, 1.54) is 22.2 Å². The van der Waals surface area contributed by atoms with Gasteiger partial charge in [0, 0.05) is 13.0 Å². The molecule has 1 aliphatic carbocycles. The van der Waals surface area contributed by atoms with Crippen molar-refractivity contribution < 1.29 is 14.4 Å². The van der Waals surface area contributed by atoms with Gasteiger partial charge in [-0.3, -0.25) is 24.7 Å². The van der Waals surface area contributed by atoms with Gasteiger partial charge in [-0.15, -0.1) is 10.2 Å². The van der Waals surface area contributed by atoms with Gasteiger partial charge in [-0.25, -0.2) is 4.68 Å². The zero-order valence-corrected chi connectivity index (χ0v) is 11.3. The Morgan fingerprint density at radius 1 is 1.14 bits per heavy atom. The van der Waals surface area contributed by atoms with E-state index < -0.39 is 0 Å². The lowest BCUT2D eigenvalue weighted by molar-refractivity contribution is -0.140. The van der Waals surface area contributed by atoms with Crippen LogP contribution in [0.2, 0.25) is 0 Å². The summed E-state index contributed by atoms with van der Waals surface area (Å²) < 4.78 is 1.32. The summed E-state index contributed by atoms with van der Waals surface area (Å²) in [5, 5.41) is 7.12. The van der Waals surface area contributed by atoms with Gasteiger partial charge < -0.3 is 0 Å². The van der Waals surface area contributed by atoms with Gasteiger partial charge in [-0.05, 0) is 12.8 Å². The minimum absolute atomic E-state index is 0.0581. The molecule has 3 amide bonds. The first kappa shape index (κ1) is 13.5. The number of imide groups is 1. The highest BCUT2D eigenvalue weighted by atomic mass is 16.2. The molecule has 21 heavy (non-hydrogen) atoms. The number of allylic oxidation sites excluding steroid dienone is 2. The van der Waals surface area contributed by atoms with Crippen LogP contribution in [0.15, 0.2) is 24.8 Å². The van der Waals surface area contributed by atoms with E-state index in [1.54, 1.807) is 0 Å². The van der Waals surface area contributed by atoms with Crippen molar-refractivity contribution in [3.63, 3.8) is 0 Å². The highest BCUT2D eigenvalue weighted by Crippen LogP contribution is 2.34. The quantitative estimate of drug-likeness (QED) is 0.605. The number of carbonyl (C=O) groups excluding carboxylic acids is 3. The molecule has 0 saturated carbocycles. The Balaban J connectivity index is 1.57. The molecule has 2 heterocycles. The Morgan fingerprint density at radius 3 is 2.29 bits per heavy atom. The van der Waals surface area contributed by atoms with Gasteiger partial charge >= 0.3 is 0 Å². The van der Waals surface area contributed by atoms with Crippen LogP contribution in [-0.2, 0) is 14.4 Å². The van der Waals surface area contributed by atoms with Crippen molar-refractivity contribution in [2.24, 2.45) is 11.8 Å². The first-order valence-corrected chi connectivity index (χ1v) is 6.81. The number of nitrogens with zero attached hydrogens (tertiary/aromatic N) is 4. The molecule has 110 valence electrons. The first-order chi connectivity index (χ1) is 10.2. The van der Waals surface area contributed by atoms with E-state index >= 15 is 0 Å². The zero-order valence-electron chi connectivity index (χ0n) is 11.3. The predicted molar refractivity (Wildman–Crippen MR) is 71.1 cm³/mol. The van der Waals surface area contributed by atoms with Crippen molar-refractivity contribution in [1.82, 2.24) is 19.8 Å². The summed E-state index contributed by atoms with van der Waals surface area (Å²) in [5.41, 5.74) is 2.53. The summed E-state index contributed by atoms with van der Waals surface area (Å²) >= 11 is 0. The van der Waals surface area contributed by atoms with Crippen molar-refractivity contribution in [2.45, 2.75) is 19.3 Å². The van der Waals surface area contributed by atoms with E-state index in [9.17, 15) is 14.4 Å². The smallest absolute Gasteiger partial charge is 0.240 e. The SMILES string of the molecule is O=C(CCN1C(=O)[C@H]2CC=CC[C@@H]2C1=O)Nn1cnnc1. The minimum atomic E-state index is -0.302. The fourth-order valence-electron chi connectivity index (χ4n) is 2.76. The fourth-order valence-corrected chi connectivity index (χ4v) is 2.76. The van der Waals surface area contributed by atoms with Crippen LogP contribution in [0.25, 0.3) is 0 Å². The highest BCUT2D eigenvalue weighted by Gasteiger charge is 2.46. The zero-order chi connectivity index (χ0) is 14.8. The molecule has 0 spiro atoms. The maximum atomic E-state index is 12.2. The number of likely N-dealkylation sites (tertiary alicyclic amines) is 1.